The fraction of sp³-hybridized carbons (Fsp3) is 0.333. The predicted molar refractivity (Wildman–Crippen MR) is 90.5 cm³/mol. The standard InChI is InChI=1S/C18H17N3O4/c22-17-3-1-2-16-14-8-12(10-20(16)17)9-19(11-14)18(23)13-4-6-15(7-5-13)21(24)25/h1-7,12,14H,8-11H2. The molecule has 2 aliphatic heterocycles. The molecule has 0 aliphatic carbocycles. The number of fused-ring (bicyclic) bond motifs is 4. The largest absolute Gasteiger partial charge is 0.338 e. The van der Waals surface area contributed by atoms with E-state index >= 15 is 0 Å². The number of benzene rings is 1. The minimum absolute atomic E-state index is 0.0161. The number of hydrogen-bond acceptors (Lipinski definition) is 4. The first-order chi connectivity index (χ1) is 12.0. The maximum Gasteiger partial charge on any atom is 0.269 e. The van der Waals surface area contributed by atoms with Gasteiger partial charge >= 0.3 is 0 Å². The average Bonchev–Trinajstić information content (AvgIpc) is 2.62. The second kappa shape index (κ2) is 5.84. The molecule has 1 aromatic carbocycles. The van der Waals surface area contributed by atoms with Gasteiger partial charge in [-0.1, -0.05) is 6.07 Å². The first-order valence-electron chi connectivity index (χ1n) is 8.26. The van der Waals surface area contributed by atoms with E-state index in [2.05, 4.69) is 0 Å². The second-order valence-corrected chi connectivity index (χ2v) is 6.71. The highest BCUT2D eigenvalue weighted by molar-refractivity contribution is 5.94. The summed E-state index contributed by atoms with van der Waals surface area (Å²) in [4.78, 5) is 36.9. The van der Waals surface area contributed by atoms with E-state index in [-0.39, 0.29) is 29.0 Å². The normalized spacial score (nSPS) is 21.5. The number of nitrogens with zero attached hydrogens (tertiary/aromatic N) is 3. The van der Waals surface area contributed by atoms with Crippen molar-refractivity contribution < 1.29 is 9.72 Å². The SMILES string of the molecule is O=C(c1ccc([N+](=O)[O-])cc1)N1CC2CC(C1)c1cccc(=O)n1C2. The van der Waals surface area contributed by atoms with E-state index in [0.717, 1.165) is 12.1 Å². The Bertz CT molecular complexity index is 903. The Balaban J connectivity index is 1.58. The molecule has 128 valence electrons. The van der Waals surface area contributed by atoms with Gasteiger partial charge in [-0.2, -0.15) is 0 Å². The molecule has 0 saturated carbocycles. The van der Waals surface area contributed by atoms with Gasteiger partial charge in [0.2, 0.25) is 0 Å². The lowest BCUT2D eigenvalue weighted by Crippen LogP contribution is -2.49. The number of nitro groups is 1. The smallest absolute Gasteiger partial charge is 0.269 e. The van der Waals surface area contributed by atoms with E-state index in [9.17, 15) is 19.7 Å². The lowest BCUT2D eigenvalue weighted by Gasteiger charge is -2.42. The van der Waals surface area contributed by atoms with Crippen molar-refractivity contribution in [2.24, 2.45) is 5.92 Å². The maximum atomic E-state index is 12.8. The molecule has 1 aromatic heterocycles. The van der Waals surface area contributed by atoms with Crippen molar-refractivity contribution in [2.45, 2.75) is 18.9 Å². The highest BCUT2D eigenvalue weighted by atomic mass is 16.6. The summed E-state index contributed by atoms with van der Waals surface area (Å²) in [6.07, 6.45) is 0.980. The van der Waals surface area contributed by atoms with E-state index in [4.69, 9.17) is 0 Å². The number of carbonyl (C=O) groups excluding carboxylic acids is 1. The van der Waals surface area contributed by atoms with Crippen LogP contribution in [0.2, 0.25) is 0 Å². The number of hydrogen-bond donors (Lipinski definition) is 0. The molecule has 7 nitrogen and oxygen atoms in total. The van der Waals surface area contributed by atoms with Crippen LogP contribution in [0.15, 0.2) is 47.3 Å². The lowest BCUT2D eigenvalue weighted by molar-refractivity contribution is -0.384. The van der Waals surface area contributed by atoms with Crippen LogP contribution in [0.4, 0.5) is 5.69 Å². The lowest BCUT2D eigenvalue weighted by atomic mass is 9.83. The van der Waals surface area contributed by atoms with Gasteiger partial charge in [0, 0.05) is 55.0 Å². The zero-order chi connectivity index (χ0) is 17.6. The van der Waals surface area contributed by atoms with Crippen LogP contribution < -0.4 is 5.56 Å². The van der Waals surface area contributed by atoms with Crippen LogP contribution >= 0.6 is 0 Å². The number of piperidine rings is 1. The fourth-order valence-corrected chi connectivity index (χ4v) is 3.97. The van der Waals surface area contributed by atoms with Gasteiger partial charge in [0.25, 0.3) is 17.2 Å². The van der Waals surface area contributed by atoms with Crippen molar-refractivity contribution >= 4 is 11.6 Å². The molecule has 0 radical (unpaired) electrons. The molecule has 1 fully saturated rings. The van der Waals surface area contributed by atoms with Gasteiger partial charge in [0.15, 0.2) is 0 Å². The third-order valence-electron chi connectivity index (χ3n) is 5.09. The number of amides is 1. The molecule has 0 N–H and O–H groups in total. The molecule has 1 saturated heterocycles. The number of carbonyl (C=O) groups is 1. The van der Waals surface area contributed by atoms with Gasteiger partial charge in [0.1, 0.15) is 0 Å². The summed E-state index contributed by atoms with van der Waals surface area (Å²) in [6.45, 7) is 1.80. The number of non-ortho nitro benzene ring substituents is 1. The zero-order valence-corrected chi connectivity index (χ0v) is 13.5. The minimum atomic E-state index is -0.478. The quantitative estimate of drug-likeness (QED) is 0.619. The Morgan fingerprint density at radius 1 is 1.08 bits per heavy atom. The third-order valence-corrected chi connectivity index (χ3v) is 5.09. The van der Waals surface area contributed by atoms with Crippen LogP contribution in [0, 0.1) is 16.0 Å². The van der Waals surface area contributed by atoms with Gasteiger partial charge < -0.3 is 9.47 Å². The van der Waals surface area contributed by atoms with Crippen LogP contribution in [0.3, 0.4) is 0 Å². The third kappa shape index (κ3) is 2.71. The number of likely N-dealkylation sites (tertiary alicyclic amines) is 1. The molecule has 0 spiro atoms. The first kappa shape index (κ1) is 15.6. The van der Waals surface area contributed by atoms with Crippen LogP contribution in [-0.2, 0) is 6.54 Å². The molecule has 2 atom stereocenters. The van der Waals surface area contributed by atoms with Crippen molar-refractivity contribution in [1.29, 1.82) is 0 Å². The molecule has 4 rings (SSSR count). The zero-order valence-electron chi connectivity index (χ0n) is 13.5. The summed E-state index contributed by atoms with van der Waals surface area (Å²) < 4.78 is 1.83. The van der Waals surface area contributed by atoms with E-state index in [0.29, 0.717) is 25.2 Å². The Kier molecular flexibility index (Phi) is 3.63. The molecular formula is C18H17N3O4. The van der Waals surface area contributed by atoms with E-state index in [1.165, 1.54) is 24.3 Å². The molecular weight excluding hydrogens is 322 g/mol. The van der Waals surface area contributed by atoms with Gasteiger partial charge in [0.05, 0.1) is 4.92 Å². The van der Waals surface area contributed by atoms with Crippen LogP contribution in [0.1, 0.15) is 28.4 Å². The Morgan fingerprint density at radius 3 is 2.56 bits per heavy atom. The summed E-state index contributed by atoms with van der Waals surface area (Å²) in [7, 11) is 0. The molecule has 25 heavy (non-hydrogen) atoms. The Hall–Kier alpha value is -2.96. The summed E-state index contributed by atoms with van der Waals surface area (Å²) in [5.41, 5.74) is 1.43. The number of pyridine rings is 1. The minimum Gasteiger partial charge on any atom is -0.338 e. The molecule has 2 bridgehead atoms. The van der Waals surface area contributed by atoms with E-state index < -0.39 is 4.92 Å². The van der Waals surface area contributed by atoms with Gasteiger partial charge in [-0.3, -0.25) is 19.7 Å². The molecule has 2 unspecified atom stereocenters. The second-order valence-electron chi connectivity index (χ2n) is 6.71. The number of nitro benzene ring substituents is 1. The monoisotopic (exact) mass is 339 g/mol. The van der Waals surface area contributed by atoms with Crippen molar-refractivity contribution in [3.63, 3.8) is 0 Å². The highest BCUT2D eigenvalue weighted by Crippen LogP contribution is 2.35. The van der Waals surface area contributed by atoms with Crippen molar-refractivity contribution in [1.82, 2.24) is 9.47 Å². The molecule has 1 amide bonds. The van der Waals surface area contributed by atoms with Crippen LogP contribution in [-0.4, -0.2) is 33.4 Å². The molecule has 2 aromatic rings. The van der Waals surface area contributed by atoms with Gasteiger partial charge in [-0.05, 0) is 30.5 Å². The summed E-state index contributed by atoms with van der Waals surface area (Å²) in [5.74, 6) is 0.299. The summed E-state index contributed by atoms with van der Waals surface area (Å²) >= 11 is 0. The maximum absolute atomic E-state index is 12.8. The van der Waals surface area contributed by atoms with Crippen LogP contribution in [0.25, 0.3) is 0 Å². The topological polar surface area (TPSA) is 85.4 Å². The molecule has 3 heterocycles. The van der Waals surface area contributed by atoms with Crippen molar-refractivity contribution in [2.75, 3.05) is 13.1 Å². The van der Waals surface area contributed by atoms with Crippen molar-refractivity contribution in [3.05, 3.63) is 74.2 Å². The number of rotatable bonds is 2. The molecule has 2 aliphatic rings. The van der Waals surface area contributed by atoms with Crippen LogP contribution in [0.5, 0.6) is 0 Å². The summed E-state index contributed by atoms with van der Waals surface area (Å²) in [6, 6.07) is 11.0. The van der Waals surface area contributed by atoms with Crippen molar-refractivity contribution in [3.8, 4) is 0 Å². The molecule has 7 heteroatoms. The summed E-state index contributed by atoms with van der Waals surface area (Å²) in [5, 5.41) is 10.7. The highest BCUT2D eigenvalue weighted by Gasteiger charge is 2.36. The van der Waals surface area contributed by atoms with Gasteiger partial charge in [-0.15, -0.1) is 0 Å². The van der Waals surface area contributed by atoms with Gasteiger partial charge in [-0.25, -0.2) is 0 Å². The average molecular weight is 339 g/mol. The fourth-order valence-electron chi connectivity index (χ4n) is 3.97. The Morgan fingerprint density at radius 2 is 1.84 bits per heavy atom. The number of aromatic nitrogens is 1. The first-order valence-corrected chi connectivity index (χ1v) is 8.26. The predicted octanol–water partition coefficient (Wildman–Crippen LogP) is 2.02. The van der Waals surface area contributed by atoms with E-state index in [1.807, 2.05) is 10.6 Å². The Labute approximate surface area is 143 Å². The van der Waals surface area contributed by atoms with E-state index in [1.54, 1.807) is 17.0 Å².